The van der Waals surface area contributed by atoms with Gasteiger partial charge in [0.2, 0.25) is 5.28 Å². The zero-order valence-corrected chi connectivity index (χ0v) is 12.1. The monoisotopic (exact) mass is 288 g/mol. The first kappa shape index (κ1) is 12.9. The molecule has 2 aromatic heterocycles. The van der Waals surface area contributed by atoms with Gasteiger partial charge in [-0.3, -0.25) is 5.10 Å². The Hall–Kier alpha value is -2.14. The zero-order valence-electron chi connectivity index (χ0n) is 11.4. The number of nitrogens with zero attached hydrogens (tertiary/aromatic N) is 3. The molecule has 5 nitrogen and oxygen atoms in total. The van der Waals surface area contributed by atoms with Gasteiger partial charge < -0.3 is 4.74 Å². The molecule has 0 spiro atoms. The molecule has 0 unspecified atom stereocenters. The average molecular weight is 289 g/mol. The highest BCUT2D eigenvalue weighted by Crippen LogP contribution is 2.32. The Balaban J connectivity index is 2.30. The van der Waals surface area contributed by atoms with E-state index in [0.29, 0.717) is 5.65 Å². The van der Waals surface area contributed by atoms with Gasteiger partial charge in [-0.25, -0.2) is 4.98 Å². The van der Waals surface area contributed by atoms with Gasteiger partial charge in [-0.05, 0) is 48.7 Å². The van der Waals surface area contributed by atoms with Gasteiger partial charge in [0.15, 0.2) is 5.65 Å². The third-order valence-corrected chi connectivity index (χ3v) is 3.45. The molecule has 20 heavy (non-hydrogen) atoms. The van der Waals surface area contributed by atoms with E-state index >= 15 is 0 Å². The number of fused-ring (bicyclic) bond motifs is 1. The molecule has 0 amide bonds. The lowest BCUT2D eigenvalue weighted by Crippen LogP contribution is -1.95. The first-order valence-corrected chi connectivity index (χ1v) is 6.50. The van der Waals surface area contributed by atoms with Crippen molar-refractivity contribution < 1.29 is 4.74 Å². The summed E-state index contributed by atoms with van der Waals surface area (Å²) >= 11 is 5.99. The van der Waals surface area contributed by atoms with Gasteiger partial charge >= 0.3 is 0 Å². The Morgan fingerprint density at radius 1 is 1.15 bits per heavy atom. The molecule has 0 aliphatic heterocycles. The lowest BCUT2D eigenvalue weighted by molar-refractivity contribution is 0.411. The minimum Gasteiger partial charge on any atom is -0.496 e. The van der Waals surface area contributed by atoms with Gasteiger partial charge in [0.05, 0.1) is 24.4 Å². The second kappa shape index (κ2) is 4.76. The number of aryl methyl sites for hydroxylation is 2. The van der Waals surface area contributed by atoms with Crippen LogP contribution >= 0.6 is 11.6 Å². The second-order valence-electron chi connectivity index (χ2n) is 4.61. The fraction of sp³-hybridized carbons (Fsp3) is 0.214. The van der Waals surface area contributed by atoms with Gasteiger partial charge in [0.1, 0.15) is 5.75 Å². The Morgan fingerprint density at radius 2 is 1.95 bits per heavy atom. The summed E-state index contributed by atoms with van der Waals surface area (Å²) < 4.78 is 5.34. The van der Waals surface area contributed by atoms with E-state index in [4.69, 9.17) is 16.3 Å². The molecule has 0 bridgehead atoms. The van der Waals surface area contributed by atoms with Crippen molar-refractivity contribution >= 4 is 22.6 Å². The maximum absolute atomic E-state index is 5.99. The van der Waals surface area contributed by atoms with Gasteiger partial charge in [0, 0.05) is 5.56 Å². The van der Waals surface area contributed by atoms with Crippen molar-refractivity contribution in [3.8, 4) is 17.0 Å². The highest BCUT2D eigenvalue weighted by atomic mass is 35.5. The normalized spacial score (nSPS) is 11.0. The molecule has 0 fully saturated rings. The number of hydrogen-bond acceptors (Lipinski definition) is 4. The third-order valence-electron chi connectivity index (χ3n) is 3.28. The van der Waals surface area contributed by atoms with Crippen molar-refractivity contribution in [3.63, 3.8) is 0 Å². The zero-order chi connectivity index (χ0) is 14.3. The summed E-state index contributed by atoms with van der Waals surface area (Å²) in [6, 6.07) is 4.03. The van der Waals surface area contributed by atoms with E-state index in [0.717, 1.165) is 33.5 Å². The number of hydrogen-bond donors (Lipinski definition) is 1. The van der Waals surface area contributed by atoms with Gasteiger partial charge in [-0.2, -0.15) is 10.1 Å². The van der Waals surface area contributed by atoms with Crippen molar-refractivity contribution in [2.75, 3.05) is 7.11 Å². The largest absolute Gasteiger partial charge is 0.496 e. The maximum Gasteiger partial charge on any atom is 0.224 e. The van der Waals surface area contributed by atoms with E-state index in [-0.39, 0.29) is 5.28 Å². The number of aromatic amines is 1. The fourth-order valence-corrected chi connectivity index (χ4v) is 2.45. The highest BCUT2D eigenvalue weighted by Gasteiger charge is 2.14. The van der Waals surface area contributed by atoms with Crippen LogP contribution in [0.5, 0.6) is 5.75 Å². The van der Waals surface area contributed by atoms with Crippen molar-refractivity contribution in [1.29, 1.82) is 0 Å². The predicted octanol–water partition coefficient (Wildman–Crippen LogP) is 3.30. The van der Waals surface area contributed by atoms with E-state index in [1.165, 1.54) is 0 Å². The summed E-state index contributed by atoms with van der Waals surface area (Å²) in [5.41, 5.74) is 4.51. The van der Waals surface area contributed by atoms with Crippen molar-refractivity contribution in [3.05, 3.63) is 34.7 Å². The summed E-state index contributed by atoms with van der Waals surface area (Å²) in [5, 5.41) is 7.87. The number of ether oxygens (including phenoxy) is 1. The van der Waals surface area contributed by atoms with Crippen LogP contribution in [0.4, 0.5) is 0 Å². The average Bonchev–Trinajstić information content (AvgIpc) is 2.88. The topological polar surface area (TPSA) is 63.7 Å². The number of H-pyrrole nitrogens is 1. The number of methoxy groups -OCH3 is 1. The van der Waals surface area contributed by atoms with Crippen molar-refractivity contribution in [1.82, 2.24) is 20.2 Å². The van der Waals surface area contributed by atoms with E-state index < -0.39 is 0 Å². The van der Waals surface area contributed by atoms with Crippen LogP contribution in [0.1, 0.15) is 11.1 Å². The Bertz CT molecular complexity index is 797. The molecule has 1 N–H and O–H groups in total. The smallest absolute Gasteiger partial charge is 0.224 e. The first-order valence-electron chi connectivity index (χ1n) is 6.12. The second-order valence-corrected chi connectivity index (χ2v) is 4.95. The Labute approximate surface area is 121 Å². The number of halogens is 1. The molecule has 3 rings (SSSR count). The maximum atomic E-state index is 5.99. The molecule has 0 aliphatic rings. The van der Waals surface area contributed by atoms with Crippen LogP contribution in [0.3, 0.4) is 0 Å². The third kappa shape index (κ3) is 2.00. The van der Waals surface area contributed by atoms with Crippen molar-refractivity contribution in [2.24, 2.45) is 0 Å². The molecule has 2 heterocycles. The highest BCUT2D eigenvalue weighted by molar-refractivity contribution is 6.28. The van der Waals surface area contributed by atoms with Crippen LogP contribution < -0.4 is 4.74 Å². The molecule has 0 saturated carbocycles. The molecule has 0 aliphatic carbocycles. The minimum atomic E-state index is 0.199. The number of aromatic nitrogens is 4. The van der Waals surface area contributed by atoms with Gasteiger partial charge in [0.25, 0.3) is 0 Å². The molecule has 3 aromatic rings. The predicted molar refractivity (Wildman–Crippen MR) is 78.2 cm³/mol. The number of benzene rings is 1. The summed E-state index contributed by atoms with van der Waals surface area (Å²) in [6.45, 7) is 4.01. The van der Waals surface area contributed by atoms with E-state index in [2.05, 4.69) is 20.2 Å². The van der Waals surface area contributed by atoms with Gasteiger partial charge in [-0.15, -0.1) is 0 Å². The van der Waals surface area contributed by atoms with Crippen LogP contribution in [0.15, 0.2) is 18.3 Å². The molecule has 6 heteroatoms. The molecule has 102 valence electrons. The number of rotatable bonds is 2. The molecular formula is C14H13ClN4O. The van der Waals surface area contributed by atoms with Crippen LogP contribution in [-0.4, -0.2) is 27.3 Å². The minimum absolute atomic E-state index is 0.199. The van der Waals surface area contributed by atoms with Gasteiger partial charge in [-0.1, -0.05) is 0 Å². The lowest BCUT2D eigenvalue weighted by Gasteiger charge is -2.11. The first-order chi connectivity index (χ1) is 9.60. The molecular weight excluding hydrogens is 276 g/mol. The van der Waals surface area contributed by atoms with E-state index in [9.17, 15) is 0 Å². The van der Waals surface area contributed by atoms with Crippen LogP contribution in [0, 0.1) is 13.8 Å². The molecule has 0 radical (unpaired) electrons. The van der Waals surface area contributed by atoms with E-state index in [1.54, 1.807) is 13.3 Å². The quantitative estimate of drug-likeness (QED) is 0.735. The summed E-state index contributed by atoms with van der Waals surface area (Å²) in [7, 11) is 1.66. The van der Waals surface area contributed by atoms with Crippen LogP contribution in [0.2, 0.25) is 5.28 Å². The standard InChI is InChI=1S/C14H13ClN4O/c1-7-5-11(20-3)8(2)4-9(7)12-10-6-16-19-13(10)18-14(15)17-12/h4-6H,1-3H3,(H,16,17,18,19). The SMILES string of the molecule is COc1cc(C)c(-c2nc(Cl)nc3[nH]ncc23)cc1C. The molecule has 0 saturated heterocycles. The van der Waals surface area contributed by atoms with Crippen molar-refractivity contribution in [2.45, 2.75) is 13.8 Å². The van der Waals surface area contributed by atoms with E-state index in [1.807, 2.05) is 26.0 Å². The summed E-state index contributed by atoms with van der Waals surface area (Å²) in [6.07, 6.45) is 1.71. The summed E-state index contributed by atoms with van der Waals surface area (Å²) in [5.74, 6) is 0.856. The molecule has 0 atom stereocenters. The number of nitrogens with one attached hydrogen (secondary N) is 1. The van der Waals surface area contributed by atoms with Crippen LogP contribution in [0.25, 0.3) is 22.3 Å². The Kier molecular flexibility index (Phi) is 3.06. The lowest BCUT2D eigenvalue weighted by atomic mass is 10.0. The molecule has 1 aromatic carbocycles. The van der Waals surface area contributed by atoms with Crippen LogP contribution in [-0.2, 0) is 0 Å². The Morgan fingerprint density at radius 3 is 2.70 bits per heavy atom. The summed E-state index contributed by atoms with van der Waals surface area (Å²) in [4.78, 5) is 8.47. The fourth-order valence-electron chi connectivity index (χ4n) is 2.28.